The van der Waals surface area contributed by atoms with Gasteiger partial charge in [-0.2, -0.15) is 0 Å². The predicted octanol–water partition coefficient (Wildman–Crippen LogP) is 3.05. The van der Waals surface area contributed by atoms with Crippen molar-refractivity contribution in [2.75, 3.05) is 16.8 Å². The summed E-state index contributed by atoms with van der Waals surface area (Å²) in [6, 6.07) is 17.1. The maximum Gasteiger partial charge on any atom is 0.306 e. The first-order valence-electron chi connectivity index (χ1n) is 9.19. The van der Waals surface area contributed by atoms with Crippen LogP contribution in [0.5, 0.6) is 0 Å². The highest BCUT2D eigenvalue weighted by atomic mass is 32.2. The van der Waals surface area contributed by atoms with Gasteiger partial charge in [0.1, 0.15) is 0 Å². The number of nitrogens with one attached hydrogen (secondary N) is 1. The van der Waals surface area contributed by atoms with Gasteiger partial charge in [0.2, 0.25) is 0 Å². The maximum absolute atomic E-state index is 12.5. The van der Waals surface area contributed by atoms with Crippen LogP contribution in [0.2, 0.25) is 0 Å². The molecule has 1 saturated heterocycles. The first-order valence-corrected chi connectivity index (χ1v) is 11.0. The number of sulfone groups is 1. The Labute approximate surface area is 164 Å². The lowest BCUT2D eigenvalue weighted by atomic mass is 10.0. The Morgan fingerprint density at radius 3 is 2.46 bits per heavy atom. The zero-order valence-electron chi connectivity index (χ0n) is 15.6. The highest BCUT2D eigenvalue weighted by molar-refractivity contribution is 7.91. The Kier molecular flexibility index (Phi) is 6.14. The fourth-order valence-electron chi connectivity index (χ4n) is 3.26. The van der Waals surface area contributed by atoms with Gasteiger partial charge in [0.25, 0.3) is 5.91 Å². The highest BCUT2D eigenvalue weighted by Crippen LogP contribution is 2.28. The van der Waals surface area contributed by atoms with Gasteiger partial charge in [-0.1, -0.05) is 48.5 Å². The molecule has 0 spiro atoms. The van der Waals surface area contributed by atoms with E-state index in [1.807, 2.05) is 48.5 Å². The molecule has 28 heavy (non-hydrogen) atoms. The first-order chi connectivity index (χ1) is 13.3. The summed E-state index contributed by atoms with van der Waals surface area (Å²) < 4.78 is 28.2. The monoisotopic (exact) mass is 401 g/mol. The molecule has 0 aliphatic carbocycles. The molecule has 0 bridgehead atoms. The number of amides is 1. The van der Waals surface area contributed by atoms with E-state index in [0.29, 0.717) is 12.1 Å². The summed E-state index contributed by atoms with van der Waals surface area (Å²) in [7, 11) is -3.04. The van der Waals surface area contributed by atoms with E-state index in [1.54, 1.807) is 6.07 Å². The van der Waals surface area contributed by atoms with Crippen molar-refractivity contribution in [1.29, 1.82) is 0 Å². The normalized spacial score (nSPS) is 19.0. The molecule has 1 aliphatic heterocycles. The standard InChI is InChI=1S/C21H23NO5S/c1-15(27-20(23)13-16-11-12-28(25,26)14-16)21(24)22-19-10-6-5-9-18(19)17-7-3-2-4-8-17/h2-10,15-16H,11-14H2,1H3,(H,22,24)/t15-,16-/m1/s1. The Morgan fingerprint density at radius 1 is 1.11 bits per heavy atom. The topological polar surface area (TPSA) is 89.5 Å². The van der Waals surface area contributed by atoms with E-state index in [0.717, 1.165) is 11.1 Å². The van der Waals surface area contributed by atoms with Gasteiger partial charge in [-0.25, -0.2) is 8.42 Å². The SMILES string of the molecule is C[C@@H](OC(=O)C[C@H]1CCS(=O)(=O)C1)C(=O)Nc1ccccc1-c1ccccc1. The zero-order chi connectivity index (χ0) is 20.1. The number of rotatable bonds is 6. The van der Waals surface area contributed by atoms with Crippen LogP contribution >= 0.6 is 0 Å². The molecule has 1 fully saturated rings. The van der Waals surface area contributed by atoms with Crippen LogP contribution in [0.1, 0.15) is 19.8 Å². The molecule has 148 valence electrons. The quantitative estimate of drug-likeness (QED) is 0.752. The van der Waals surface area contributed by atoms with Gasteiger partial charge in [0.15, 0.2) is 15.9 Å². The molecule has 2 aromatic rings. The van der Waals surface area contributed by atoms with E-state index in [1.165, 1.54) is 6.92 Å². The number of hydrogen-bond acceptors (Lipinski definition) is 5. The Bertz CT molecular complexity index is 956. The number of benzene rings is 2. The summed E-state index contributed by atoms with van der Waals surface area (Å²) in [5.41, 5.74) is 2.46. The molecular weight excluding hydrogens is 378 g/mol. The van der Waals surface area contributed by atoms with E-state index in [-0.39, 0.29) is 23.8 Å². The fourth-order valence-corrected chi connectivity index (χ4v) is 5.13. The summed E-state index contributed by atoms with van der Waals surface area (Å²) in [5.74, 6) is -1.10. The van der Waals surface area contributed by atoms with Crippen molar-refractivity contribution in [1.82, 2.24) is 0 Å². The number of carbonyl (C=O) groups is 2. The van der Waals surface area contributed by atoms with Crippen LogP contribution in [0.3, 0.4) is 0 Å². The summed E-state index contributed by atoms with van der Waals surface area (Å²) in [6.45, 7) is 1.50. The van der Waals surface area contributed by atoms with Gasteiger partial charge in [-0.15, -0.1) is 0 Å². The average Bonchev–Trinajstić information content (AvgIpc) is 3.01. The van der Waals surface area contributed by atoms with Crippen molar-refractivity contribution in [3.63, 3.8) is 0 Å². The summed E-state index contributed by atoms with van der Waals surface area (Å²) in [6.07, 6.45) is -0.505. The number of anilines is 1. The average molecular weight is 401 g/mol. The van der Waals surface area contributed by atoms with Gasteiger partial charge in [0, 0.05) is 17.7 Å². The number of esters is 1. The van der Waals surface area contributed by atoms with Crippen LogP contribution < -0.4 is 5.32 Å². The Morgan fingerprint density at radius 2 is 1.79 bits per heavy atom. The fraction of sp³-hybridized carbons (Fsp3) is 0.333. The van der Waals surface area contributed by atoms with Gasteiger partial charge in [-0.3, -0.25) is 9.59 Å². The van der Waals surface area contributed by atoms with Crippen LogP contribution in [-0.2, 0) is 24.2 Å². The van der Waals surface area contributed by atoms with Crippen LogP contribution in [-0.4, -0.2) is 37.9 Å². The molecule has 0 unspecified atom stereocenters. The summed E-state index contributed by atoms with van der Waals surface area (Å²) >= 11 is 0. The van der Waals surface area contributed by atoms with Gasteiger partial charge >= 0.3 is 5.97 Å². The lowest BCUT2D eigenvalue weighted by Crippen LogP contribution is -2.30. The van der Waals surface area contributed by atoms with Crippen molar-refractivity contribution in [3.05, 3.63) is 54.6 Å². The number of hydrogen-bond donors (Lipinski definition) is 1. The van der Waals surface area contributed by atoms with Crippen molar-refractivity contribution in [3.8, 4) is 11.1 Å². The summed E-state index contributed by atoms with van der Waals surface area (Å²) in [5, 5.41) is 2.81. The van der Waals surface area contributed by atoms with Crippen molar-refractivity contribution >= 4 is 27.4 Å². The largest absolute Gasteiger partial charge is 0.453 e. The first kappa shape index (κ1) is 20.1. The smallest absolute Gasteiger partial charge is 0.306 e. The van der Waals surface area contributed by atoms with Crippen molar-refractivity contribution < 1.29 is 22.7 Å². The lowest BCUT2D eigenvalue weighted by Gasteiger charge is -2.16. The second-order valence-electron chi connectivity index (χ2n) is 7.01. The minimum atomic E-state index is -3.04. The van der Waals surface area contributed by atoms with E-state index < -0.39 is 27.8 Å². The Balaban J connectivity index is 1.60. The maximum atomic E-state index is 12.5. The molecule has 7 heteroatoms. The summed E-state index contributed by atoms with van der Waals surface area (Å²) in [4.78, 5) is 24.6. The number of carbonyl (C=O) groups excluding carboxylic acids is 2. The lowest BCUT2D eigenvalue weighted by molar-refractivity contribution is -0.153. The third kappa shape index (κ3) is 5.19. The van der Waals surface area contributed by atoms with Gasteiger partial charge < -0.3 is 10.1 Å². The molecule has 1 amide bonds. The highest BCUT2D eigenvalue weighted by Gasteiger charge is 2.30. The third-order valence-corrected chi connectivity index (χ3v) is 6.57. The minimum absolute atomic E-state index is 0.00707. The van der Waals surface area contributed by atoms with Gasteiger partial charge in [0.05, 0.1) is 11.5 Å². The molecule has 0 aromatic heterocycles. The van der Waals surface area contributed by atoms with E-state index in [4.69, 9.17) is 4.74 Å². The molecule has 0 saturated carbocycles. The third-order valence-electron chi connectivity index (χ3n) is 4.73. The van der Waals surface area contributed by atoms with E-state index in [9.17, 15) is 18.0 Å². The molecule has 2 aromatic carbocycles. The van der Waals surface area contributed by atoms with Crippen LogP contribution in [0.15, 0.2) is 54.6 Å². The minimum Gasteiger partial charge on any atom is -0.453 e. The molecule has 1 heterocycles. The van der Waals surface area contributed by atoms with Crippen molar-refractivity contribution in [2.45, 2.75) is 25.9 Å². The zero-order valence-corrected chi connectivity index (χ0v) is 16.4. The second-order valence-corrected chi connectivity index (χ2v) is 9.23. The Hall–Kier alpha value is -2.67. The molecule has 0 radical (unpaired) electrons. The van der Waals surface area contributed by atoms with Crippen LogP contribution in [0.4, 0.5) is 5.69 Å². The molecule has 1 N–H and O–H groups in total. The van der Waals surface area contributed by atoms with Gasteiger partial charge in [-0.05, 0) is 30.9 Å². The predicted molar refractivity (Wildman–Crippen MR) is 107 cm³/mol. The molecule has 1 aliphatic rings. The molecule has 2 atom stereocenters. The van der Waals surface area contributed by atoms with Crippen LogP contribution in [0, 0.1) is 5.92 Å². The number of ether oxygens (including phenoxy) is 1. The van der Waals surface area contributed by atoms with E-state index in [2.05, 4.69) is 5.32 Å². The van der Waals surface area contributed by atoms with E-state index >= 15 is 0 Å². The van der Waals surface area contributed by atoms with Crippen LogP contribution in [0.25, 0.3) is 11.1 Å². The number of para-hydroxylation sites is 1. The molecule has 3 rings (SSSR count). The molecular formula is C21H23NO5S. The molecule has 6 nitrogen and oxygen atoms in total. The van der Waals surface area contributed by atoms with Crippen molar-refractivity contribution in [2.24, 2.45) is 5.92 Å². The second kappa shape index (κ2) is 8.56.